The maximum absolute atomic E-state index is 12.5. The molecular weight excluding hydrogens is 404 g/mol. The van der Waals surface area contributed by atoms with Crippen molar-refractivity contribution in [3.8, 4) is 11.5 Å². The smallest absolute Gasteiger partial charge is 0.251 e. The van der Waals surface area contributed by atoms with Crippen LogP contribution in [0.3, 0.4) is 0 Å². The molecule has 30 heavy (non-hydrogen) atoms. The van der Waals surface area contributed by atoms with Crippen LogP contribution in [0.15, 0.2) is 42.5 Å². The van der Waals surface area contributed by atoms with E-state index in [1.807, 2.05) is 32.0 Å². The zero-order valence-corrected chi connectivity index (χ0v) is 18.2. The highest BCUT2D eigenvalue weighted by Gasteiger charge is 2.26. The molecule has 0 unspecified atom stereocenters. The van der Waals surface area contributed by atoms with E-state index in [0.29, 0.717) is 55.5 Å². The lowest BCUT2D eigenvalue weighted by Crippen LogP contribution is -2.37. The highest BCUT2D eigenvalue weighted by atomic mass is 32.2. The number of carbonyl (C=O) groups excluding carboxylic acids is 1. The van der Waals surface area contributed by atoms with Gasteiger partial charge in [-0.2, -0.15) is 0 Å². The summed E-state index contributed by atoms with van der Waals surface area (Å²) < 4.78 is 37.1. The first kappa shape index (κ1) is 22.0. The molecule has 162 valence electrons. The minimum atomic E-state index is -3.26. The van der Waals surface area contributed by atoms with Crippen LogP contribution in [-0.4, -0.2) is 39.8 Å². The molecule has 1 saturated heterocycles. The summed E-state index contributed by atoms with van der Waals surface area (Å²) in [6.45, 7) is 5.71. The fourth-order valence-corrected chi connectivity index (χ4v) is 4.99. The van der Waals surface area contributed by atoms with Gasteiger partial charge in [-0.15, -0.1) is 0 Å². The van der Waals surface area contributed by atoms with Crippen LogP contribution in [0.25, 0.3) is 0 Å². The van der Waals surface area contributed by atoms with E-state index < -0.39 is 10.0 Å². The molecule has 0 atom stereocenters. The maximum atomic E-state index is 12.5. The van der Waals surface area contributed by atoms with E-state index in [9.17, 15) is 13.2 Å². The highest BCUT2D eigenvalue weighted by molar-refractivity contribution is 7.92. The summed E-state index contributed by atoms with van der Waals surface area (Å²) in [6.07, 6.45) is 1.53. The number of nitrogens with zero attached hydrogens (tertiary/aromatic N) is 1. The van der Waals surface area contributed by atoms with Gasteiger partial charge in [-0.1, -0.05) is 6.07 Å². The van der Waals surface area contributed by atoms with Crippen molar-refractivity contribution < 1.29 is 22.7 Å². The topological polar surface area (TPSA) is 84.9 Å². The number of benzene rings is 2. The van der Waals surface area contributed by atoms with Crippen LogP contribution in [0, 0.1) is 0 Å². The van der Waals surface area contributed by atoms with Crippen LogP contribution in [0.2, 0.25) is 0 Å². The molecule has 0 bridgehead atoms. The number of ether oxygens (including phenoxy) is 2. The Bertz CT molecular complexity index is 974. The van der Waals surface area contributed by atoms with E-state index in [1.165, 1.54) is 4.31 Å². The van der Waals surface area contributed by atoms with Gasteiger partial charge in [0.05, 0.1) is 24.7 Å². The molecule has 8 heteroatoms. The van der Waals surface area contributed by atoms with Gasteiger partial charge in [0.25, 0.3) is 5.91 Å². The normalized spacial score (nSPS) is 15.5. The van der Waals surface area contributed by atoms with Crippen molar-refractivity contribution in [1.82, 2.24) is 5.32 Å². The fourth-order valence-electron chi connectivity index (χ4n) is 3.35. The average Bonchev–Trinajstić information content (AvgIpc) is 2.74. The van der Waals surface area contributed by atoms with E-state index in [1.54, 1.807) is 24.3 Å². The lowest BCUT2D eigenvalue weighted by Gasteiger charge is -2.28. The third-order valence-electron chi connectivity index (χ3n) is 4.83. The second-order valence-electron chi connectivity index (χ2n) is 6.97. The summed E-state index contributed by atoms with van der Waals surface area (Å²) in [7, 11) is -3.26. The van der Waals surface area contributed by atoms with Crippen LogP contribution >= 0.6 is 0 Å². The number of hydrogen-bond donors (Lipinski definition) is 1. The van der Waals surface area contributed by atoms with Gasteiger partial charge in [-0.05, 0) is 68.7 Å². The maximum Gasteiger partial charge on any atom is 0.251 e. The Morgan fingerprint density at radius 1 is 1.00 bits per heavy atom. The molecule has 1 N–H and O–H groups in total. The van der Waals surface area contributed by atoms with E-state index in [2.05, 4.69) is 5.32 Å². The van der Waals surface area contributed by atoms with Crippen molar-refractivity contribution in [2.24, 2.45) is 0 Å². The summed E-state index contributed by atoms with van der Waals surface area (Å²) >= 11 is 0. The second kappa shape index (κ2) is 9.84. The third-order valence-corrected chi connectivity index (χ3v) is 6.70. The van der Waals surface area contributed by atoms with Crippen LogP contribution in [0.4, 0.5) is 5.69 Å². The Kier molecular flexibility index (Phi) is 7.20. The Morgan fingerprint density at radius 2 is 1.70 bits per heavy atom. The van der Waals surface area contributed by atoms with Gasteiger partial charge in [0.1, 0.15) is 0 Å². The van der Waals surface area contributed by atoms with Crippen LogP contribution in [0.5, 0.6) is 11.5 Å². The Labute approximate surface area is 178 Å². The predicted octanol–water partition coefficient (Wildman–Crippen LogP) is 3.34. The van der Waals surface area contributed by atoms with Crippen molar-refractivity contribution in [2.75, 3.05) is 29.8 Å². The van der Waals surface area contributed by atoms with Crippen molar-refractivity contribution in [2.45, 2.75) is 33.2 Å². The standard InChI is InChI=1S/C22H28N2O5S/c1-3-28-20-12-7-17(15-21(20)29-4-2)16-23-22(25)18-8-10-19(11-9-18)24-13-5-6-14-30(24,26)27/h7-12,15H,3-6,13-14,16H2,1-2H3,(H,23,25). The lowest BCUT2D eigenvalue weighted by molar-refractivity contribution is 0.0951. The quantitative estimate of drug-likeness (QED) is 0.692. The molecule has 1 aliphatic rings. The molecule has 0 saturated carbocycles. The van der Waals surface area contributed by atoms with Gasteiger partial charge in [-0.3, -0.25) is 9.10 Å². The van der Waals surface area contributed by atoms with Crippen molar-refractivity contribution in [1.29, 1.82) is 0 Å². The molecule has 0 aliphatic carbocycles. The molecule has 2 aromatic carbocycles. The Hall–Kier alpha value is -2.74. The van der Waals surface area contributed by atoms with E-state index in [-0.39, 0.29) is 11.7 Å². The van der Waals surface area contributed by atoms with Crippen LogP contribution in [0.1, 0.15) is 42.6 Å². The largest absolute Gasteiger partial charge is 0.490 e. The van der Waals surface area contributed by atoms with Crippen LogP contribution in [-0.2, 0) is 16.6 Å². The number of hydrogen-bond acceptors (Lipinski definition) is 5. The molecule has 2 aromatic rings. The number of sulfonamides is 1. The van der Waals surface area contributed by atoms with E-state index in [0.717, 1.165) is 12.0 Å². The first-order valence-electron chi connectivity index (χ1n) is 10.2. The molecule has 1 fully saturated rings. The number of nitrogens with one attached hydrogen (secondary N) is 1. The molecule has 0 aromatic heterocycles. The fraction of sp³-hybridized carbons (Fsp3) is 0.409. The molecule has 3 rings (SSSR count). The molecule has 1 amide bonds. The molecular formula is C22H28N2O5S. The number of carbonyl (C=O) groups is 1. The molecule has 0 spiro atoms. The first-order chi connectivity index (χ1) is 14.4. The zero-order chi connectivity index (χ0) is 21.6. The first-order valence-corrected chi connectivity index (χ1v) is 11.8. The Morgan fingerprint density at radius 3 is 2.37 bits per heavy atom. The summed E-state index contributed by atoms with van der Waals surface area (Å²) in [5.41, 5.74) is 1.97. The van der Waals surface area contributed by atoms with Crippen LogP contribution < -0.4 is 19.1 Å². The third kappa shape index (κ3) is 5.24. The van der Waals surface area contributed by atoms with Gasteiger partial charge in [-0.25, -0.2) is 8.42 Å². The summed E-state index contributed by atoms with van der Waals surface area (Å²) in [5, 5.41) is 2.88. The van der Waals surface area contributed by atoms with Gasteiger partial charge in [0.15, 0.2) is 11.5 Å². The van der Waals surface area contributed by atoms with Crippen molar-refractivity contribution >= 4 is 21.6 Å². The zero-order valence-electron chi connectivity index (χ0n) is 17.4. The van der Waals surface area contributed by atoms with Crippen molar-refractivity contribution in [3.05, 3.63) is 53.6 Å². The highest BCUT2D eigenvalue weighted by Crippen LogP contribution is 2.28. The molecule has 1 heterocycles. The van der Waals surface area contributed by atoms with Gasteiger partial charge in [0.2, 0.25) is 10.0 Å². The number of anilines is 1. The van der Waals surface area contributed by atoms with E-state index >= 15 is 0 Å². The summed E-state index contributed by atoms with van der Waals surface area (Å²) in [5.74, 6) is 1.27. The average molecular weight is 433 g/mol. The SMILES string of the molecule is CCOc1ccc(CNC(=O)c2ccc(N3CCCCS3(=O)=O)cc2)cc1OCC. The number of amides is 1. The monoisotopic (exact) mass is 432 g/mol. The predicted molar refractivity (Wildman–Crippen MR) is 117 cm³/mol. The minimum Gasteiger partial charge on any atom is -0.490 e. The van der Waals surface area contributed by atoms with Gasteiger partial charge in [0, 0.05) is 18.7 Å². The van der Waals surface area contributed by atoms with Crippen molar-refractivity contribution in [3.63, 3.8) is 0 Å². The second-order valence-corrected chi connectivity index (χ2v) is 8.98. The molecule has 0 radical (unpaired) electrons. The van der Waals surface area contributed by atoms with Gasteiger partial charge >= 0.3 is 0 Å². The van der Waals surface area contributed by atoms with Gasteiger partial charge < -0.3 is 14.8 Å². The molecule has 7 nitrogen and oxygen atoms in total. The van der Waals surface area contributed by atoms with E-state index in [4.69, 9.17) is 9.47 Å². The Balaban J connectivity index is 1.64. The number of rotatable bonds is 8. The summed E-state index contributed by atoms with van der Waals surface area (Å²) in [4.78, 5) is 12.5. The molecule has 1 aliphatic heterocycles. The lowest BCUT2D eigenvalue weighted by atomic mass is 10.1. The minimum absolute atomic E-state index is 0.168. The summed E-state index contributed by atoms with van der Waals surface area (Å²) in [6, 6.07) is 12.3.